The SMILES string of the molecule is CCCn1ccnc1C(N)c1ccc(C)s1. The number of aryl methyl sites for hydroxylation is 2. The van der Waals surface area contributed by atoms with Crippen molar-refractivity contribution < 1.29 is 0 Å². The number of hydrogen-bond donors (Lipinski definition) is 1. The van der Waals surface area contributed by atoms with Crippen molar-refractivity contribution in [3.8, 4) is 0 Å². The van der Waals surface area contributed by atoms with E-state index in [9.17, 15) is 0 Å². The van der Waals surface area contributed by atoms with E-state index in [1.165, 1.54) is 9.75 Å². The molecule has 0 amide bonds. The second-order valence-corrected chi connectivity index (χ2v) is 5.22. The van der Waals surface area contributed by atoms with Crippen molar-refractivity contribution in [2.75, 3.05) is 0 Å². The third-order valence-corrected chi connectivity index (χ3v) is 3.64. The van der Waals surface area contributed by atoms with E-state index in [-0.39, 0.29) is 6.04 Å². The van der Waals surface area contributed by atoms with Crippen LogP contribution in [0.3, 0.4) is 0 Å². The average Bonchev–Trinajstić information content (AvgIpc) is 2.87. The molecule has 3 nitrogen and oxygen atoms in total. The highest BCUT2D eigenvalue weighted by Gasteiger charge is 2.15. The standard InChI is InChI=1S/C12H17N3S/c1-3-7-15-8-6-14-12(15)11(13)10-5-4-9(2)16-10/h4-6,8,11H,3,7,13H2,1-2H3. The predicted molar refractivity (Wildman–Crippen MR) is 67.6 cm³/mol. The van der Waals surface area contributed by atoms with Gasteiger partial charge in [0.1, 0.15) is 5.82 Å². The number of thiophene rings is 1. The average molecular weight is 235 g/mol. The Morgan fingerprint density at radius 3 is 2.94 bits per heavy atom. The Hall–Kier alpha value is -1.13. The highest BCUT2D eigenvalue weighted by molar-refractivity contribution is 7.12. The number of nitrogens with zero attached hydrogens (tertiary/aromatic N) is 2. The molecule has 0 saturated carbocycles. The van der Waals surface area contributed by atoms with Gasteiger partial charge >= 0.3 is 0 Å². The Balaban J connectivity index is 2.26. The van der Waals surface area contributed by atoms with Crippen molar-refractivity contribution >= 4 is 11.3 Å². The van der Waals surface area contributed by atoms with Crippen molar-refractivity contribution in [3.05, 3.63) is 40.1 Å². The van der Waals surface area contributed by atoms with Crippen LogP contribution in [0.4, 0.5) is 0 Å². The van der Waals surface area contributed by atoms with Crippen LogP contribution in [0, 0.1) is 6.92 Å². The van der Waals surface area contributed by atoms with Crippen molar-refractivity contribution in [2.24, 2.45) is 5.73 Å². The molecule has 0 fully saturated rings. The van der Waals surface area contributed by atoms with Crippen molar-refractivity contribution in [2.45, 2.75) is 32.9 Å². The Labute approximate surface area is 99.9 Å². The number of aromatic nitrogens is 2. The highest BCUT2D eigenvalue weighted by Crippen LogP contribution is 2.25. The lowest BCUT2D eigenvalue weighted by molar-refractivity contribution is 0.616. The summed E-state index contributed by atoms with van der Waals surface area (Å²) in [6, 6.07) is 4.10. The van der Waals surface area contributed by atoms with Gasteiger partial charge < -0.3 is 10.3 Å². The minimum atomic E-state index is -0.0970. The zero-order valence-electron chi connectivity index (χ0n) is 9.68. The summed E-state index contributed by atoms with van der Waals surface area (Å²) < 4.78 is 2.14. The van der Waals surface area contributed by atoms with Crippen molar-refractivity contribution in [1.29, 1.82) is 0 Å². The Bertz CT molecular complexity index is 458. The molecule has 0 saturated heterocycles. The summed E-state index contributed by atoms with van der Waals surface area (Å²) in [5, 5.41) is 0. The van der Waals surface area contributed by atoms with Crippen LogP contribution in [-0.4, -0.2) is 9.55 Å². The van der Waals surface area contributed by atoms with Gasteiger partial charge in [-0.15, -0.1) is 11.3 Å². The van der Waals surface area contributed by atoms with Crippen LogP contribution in [0.25, 0.3) is 0 Å². The largest absolute Gasteiger partial charge is 0.333 e. The quantitative estimate of drug-likeness (QED) is 0.885. The lowest BCUT2D eigenvalue weighted by atomic mass is 10.2. The first-order chi connectivity index (χ1) is 7.72. The predicted octanol–water partition coefficient (Wildman–Crippen LogP) is 2.71. The van der Waals surface area contributed by atoms with Crippen LogP contribution in [0.5, 0.6) is 0 Å². The molecule has 0 spiro atoms. The summed E-state index contributed by atoms with van der Waals surface area (Å²) in [4.78, 5) is 6.84. The number of nitrogens with two attached hydrogens (primary N) is 1. The molecule has 0 radical (unpaired) electrons. The smallest absolute Gasteiger partial charge is 0.131 e. The fraction of sp³-hybridized carbons (Fsp3) is 0.417. The topological polar surface area (TPSA) is 43.8 Å². The van der Waals surface area contributed by atoms with Crippen LogP contribution in [-0.2, 0) is 6.54 Å². The molecule has 1 atom stereocenters. The first-order valence-corrected chi connectivity index (χ1v) is 6.37. The van der Waals surface area contributed by atoms with E-state index in [4.69, 9.17) is 5.73 Å². The van der Waals surface area contributed by atoms with Gasteiger partial charge in [-0.1, -0.05) is 6.92 Å². The maximum atomic E-state index is 6.23. The third-order valence-electron chi connectivity index (χ3n) is 2.56. The lowest BCUT2D eigenvalue weighted by Crippen LogP contribution is -2.16. The van der Waals surface area contributed by atoms with Gasteiger partial charge in [-0.3, -0.25) is 0 Å². The molecule has 16 heavy (non-hydrogen) atoms. The molecule has 4 heteroatoms. The van der Waals surface area contributed by atoms with Crippen molar-refractivity contribution in [1.82, 2.24) is 9.55 Å². The first-order valence-electron chi connectivity index (χ1n) is 5.55. The van der Waals surface area contributed by atoms with Gasteiger partial charge in [-0.05, 0) is 25.5 Å². The van der Waals surface area contributed by atoms with E-state index in [1.54, 1.807) is 11.3 Å². The number of imidazole rings is 1. The van der Waals surface area contributed by atoms with E-state index < -0.39 is 0 Å². The maximum absolute atomic E-state index is 6.23. The number of hydrogen-bond acceptors (Lipinski definition) is 3. The van der Waals surface area contributed by atoms with Gasteiger partial charge in [0.2, 0.25) is 0 Å². The zero-order valence-corrected chi connectivity index (χ0v) is 10.5. The van der Waals surface area contributed by atoms with Crippen LogP contribution in [0.2, 0.25) is 0 Å². The van der Waals surface area contributed by atoms with Gasteiger partial charge in [0.05, 0.1) is 6.04 Å². The van der Waals surface area contributed by atoms with E-state index in [2.05, 4.69) is 35.5 Å². The number of rotatable bonds is 4. The molecule has 0 aromatic carbocycles. The molecule has 0 aliphatic carbocycles. The van der Waals surface area contributed by atoms with Crippen molar-refractivity contribution in [3.63, 3.8) is 0 Å². The van der Waals surface area contributed by atoms with Crippen LogP contribution >= 0.6 is 11.3 Å². The Morgan fingerprint density at radius 1 is 1.50 bits per heavy atom. The maximum Gasteiger partial charge on any atom is 0.131 e. The molecular weight excluding hydrogens is 218 g/mol. The second-order valence-electron chi connectivity index (χ2n) is 3.90. The van der Waals surface area contributed by atoms with Crippen LogP contribution < -0.4 is 5.73 Å². The summed E-state index contributed by atoms with van der Waals surface area (Å²) >= 11 is 1.74. The summed E-state index contributed by atoms with van der Waals surface area (Å²) in [7, 11) is 0. The van der Waals surface area contributed by atoms with E-state index >= 15 is 0 Å². The normalized spacial score (nSPS) is 12.9. The van der Waals surface area contributed by atoms with Gasteiger partial charge in [0.25, 0.3) is 0 Å². The van der Waals surface area contributed by atoms with Crippen LogP contribution in [0.15, 0.2) is 24.5 Å². The minimum absolute atomic E-state index is 0.0970. The summed E-state index contributed by atoms with van der Waals surface area (Å²) in [6.07, 6.45) is 4.92. The summed E-state index contributed by atoms with van der Waals surface area (Å²) in [5.74, 6) is 0.962. The van der Waals surface area contributed by atoms with Gasteiger partial charge in [-0.2, -0.15) is 0 Å². The molecule has 2 N–H and O–H groups in total. The van der Waals surface area contributed by atoms with E-state index in [0.717, 1.165) is 18.8 Å². The molecule has 1 unspecified atom stereocenters. The molecule has 0 bridgehead atoms. The molecule has 2 heterocycles. The fourth-order valence-corrected chi connectivity index (χ4v) is 2.65. The molecular formula is C12H17N3S. The van der Waals surface area contributed by atoms with Gasteiger partial charge in [0, 0.05) is 28.7 Å². The molecule has 86 valence electrons. The van der Waals surface area contributed by atoms with E-state index in [1.807, 2.05) is 12.4 Å². The first kappa shape index (κ1) is 11.4. The summed E-state index contributed by atoms with van der Waals surface area (Å²) in [6.45, 7) is 5.23. The molecule has 0 aliphatic heterocycles. The molecule has 2 rings (SSSR count). The Kier molecular flexibility index (Phi) is 3.41. The summed E-state index contributed by atoms with van der Waals surface area (Å²) in [5.41, 5.74) is 6.23. The van der Waals surface area contributed by atoms with Crippen LogP contribution in [0.1, 0.15) is 35.0 Å². The minimum Gasteiger partial charge on any atom is -0.333 e. The third kappa shape index (κ3) is 2.18. The monoisotopic (exact) mass is 235 g/mol. The highest BCUT2D eigenvalue weighted by atomic mass is 32.1. The lowest BCUT2D eigenvalue weighted by Gasteiger charge is -2.11. The fourth-order valence-electron chi connectivity index (χ4n) is 1.78. The van der Waals surface area contributed by atoms with Gasteiger partial charge in [-0.25, -0.2) is 4.98 Å². The molecule has 2 aromatic rings. The zero-order chi connectivity index (χ0) is 11.5. The van der Waals surface area contributed by atoms with Gasteiger partial charge in [0.15, 0.2) is 0 Å². The second kappa shape index (κ2) is 4.80. The van der Waals surface area contributed by atoms with E-state index in [0.29, 0.717) is 0 Å². The molecule has 2 aromatic heterocycles. The molecule has 0 aliphatic rings. The Morgan fingerprint density at radius 2 is 2.31 bits per heavy atom.